The molecule has 6 unspecified atom stereocenters. The van der Waals surface area contributed by atoms with Crippen LogP contribution in [0.4, 0.5) is 24.0 Å². The van der Waals surface area contributed by atoms with E-state index in [9.17, 15) is 101 Å². The SMILES string of the molecule is C.CC(C)(C)OC(=O)NCC(=O)N1CCCC1C(N)=O.CC(C)(C)OC(=O)NCC(=O)O.COC(=O)C1CCCN1.COC(=O)C1CCCN1C(=O)CNC(=O)OC(C)(C)C.Cl.Cl.Cl.N.NC(=O)C1CCCN1C(=O)CCC(=O)[C@@H](N)CO.NC(=O)C1CCCN1C(=O)CCC(=O)[C@H](CO)NC(=O)OCc1ccccc1.NCC(=O)N1CCCC1C(N)=O.O.O=C(N[C@@H](CO)C(=O)O)OCc1ccccc1. The zero-order valence-corrected chi connectivity index (χ0v) is 83.2. The second kappa shape index (κ2) is 73.0. The quantitative estimate of drug-likeness (QED) is 0.0332. The molecule has 806 valence electrons. The number of carbonyl (C=O) groups is 20. The number of carbonyl (C=O) groups excluding carboxylic acids is 18. The van der Waals surface area contributed by atoms with Crippen LogP contribution in [-0.4, -0.2) is 345 Å². The number of hydrogen-bond donors (Lipinski definition) is 18. The lowest BCUT2D eigenvalue weighted by atomic mass is 10.1. The number of rotatable bonds is 31. The Kier molecular flexibility index (Phi) is 72.2. The number of nitrogens with zero attached hydrogens (tertiary/aromatic N) is 5. The van der Waals surface area contributed by atoms with Crippen molar-refractivity contribution in [1.29, 1.82) is 0 Å². The maximum absolute atomic E-state index is 12.2. The lowest BCUT2D eigenvalue weighted by molar-refractivity contribution is -0.150. The number of hydrogen-bond acceptors (Lipinski definition) is 34. The highest BCUT2D eigenvalue weighted by Crippen LogP contribution is 2.23. The molecule has 0 bridgehead atoms. The number of aliphatic hydroxyl groups is 3. The number of halogens is 3. The molecule has 28 N–H and O–H groups in total. The number of alkyl carbamates (subject to hydrolysis) is 5. The van der Waals surface area contributed by atoms with E-state index in [-0.39, 0.29) is 162 Å². The summed E-state index contributed by atoms with van der Waals surface area (Å²) >= 11 is 0. The minimum atomic E-state index is -1.35. The van der Waals surface area contributed by atoms with Crippen molar-refractivity contribution in [3.63, 3.8) is 0 Å². The number of nitrogens with one attached hydrogen (secondary N) is 6. The zero-order chi connectivity index (χ0) is 102. The number of Topliss-reactive ketones (excluding diaryl/α,β-unsaturated/α-hetero) is 2. The molecule has 6 heterocycles. The first kappa shape index (κ1) is 139. The van der Waals surface area contributed by atoms with Gasteiger partial charge in [0.25, 0.3) is 0 Å². The highest BCUT2D eigenvalue weighted by Gasteiger charge is 2.39. The van der Waals surface area contributed by atoms with Gasteiger partial charge in [0.05, 0.1) is 46.6 Å². The summed E-state index contributed by atoms with van der Waals surface area (Å²) in [7, 11) is 2.71. The van der Waals surface area contributed by atoms with E-state index in [0.717, 1.165) is 56.2 Å². The Morgan fingerprint density at radius 2 is 0.730 bits per heavy atom. The van der Waals surface area contributed by atoms with Crippen LogP contribution in [0.2, 0.25) is 0 Å². The van der Waals surface area contributed by atoms with Crippen molar-refractivity contribution in [3.05, 3.63) is 71.8 Å². The Morgan fingerprint density at radius 1 is 0.418 bits per heavy atom. The van der Waals surface area contributed by atoms with Crippen molar-refractivity contribution < 1.29 is 160 Å². The van der Waals surface area contributed by atoms with Crippen molar-refractivity contribution in [3.8, 4) is 0 Å². The molecule has 2 aromatic rings. The Balaban J connectivity index is -0.000000374. The van der Waals surface area contributed by atoms with Gasteiger partial charge in [-0.1, -0.05) is 68.1 Å². The third kappa shape index (κ3) is 58.0. The highest BCUT2D eigenvalue weighted by molar-refractivity contribution is 5.95. The Labute approximate surface area is 837 Å². The van der Waals surface area contributed by atoms with E-state index in [2.05, 4.69) is 36.1 Å². The van der Waals surface area contributed by atoms with E-state index in [1.54, 1.807) is 111 Å². The summed E-state index contributed by atoms with van der Waals surface area (Å²) in [6.07, 6.45) is 4.60. The smallest absolute Gasteiger partial charge is 0.408 e. The predicted molar refractivity (Wildman–Crippen MR) is 514 cm³/mol. The van der Waals surface area contributed by atoms with E-state index < -0.39 is 169 Å². The average molecular weight is 2080 g/mol. The van der Waals surface area contributed by atoms with Crippen molar-refractivity contribution >= 4 is 156 Å². The summed E-state index contributed by atoms with van der Waals surface area (Å²) in [6, 6.07) is 11.7. The molecule has 0 spiro atoms. The number of aliphatic hydroxyl groups excluding tert-OH is 3. The number of benzene rings is 2. The van der Waals surface area contributed by atoms with Gasteiger partial charge in [0.15, 0.2) is 17.6 Å². The molecule has 141 heavy (non-hydrogen) atoms. The van der Waals surface area contributed by atoms with Gasteiger partial charge in [0, 0.05) is 58.4 Å². The lowest BCUT2D eigenvalue weighted by Crippen LogP contribution is -2.48. The maximum atomic E-state index is 12.2. The van der Waals surface area contributed by atoms with Gasteiger partial charge in [-0.3, -0.25) is 62.3 Å². The number of primary amides is 4. The van der Waals surface area contributed by atoms with E-state index in [4.69, 9.17) is 78.5 Å². The van der Waals surface area contributed by atoms with Gasteiger partial charge in [0.1, 0.15) is 91.9 Å². The fourth-order valence-corrected chi connectivity index (χ4v) is 13.1. The molecule has 54 heteroatoms. The van der Waals surface area contributed by atoms with Gasteiger partial charge >= 0.3 is 54.3 Å². The molecule has 0 aliphatic carbocycles. The summed E-state index contributed by atoms with van der Waals surface area (Å²) in [5.74, 6) is -7.31. The average Bonchev–Trinajstić information content (AvgIpc) is 1.73. The Hall–Kier alpha value is -12.2. The Bertz CT molecular complexity index is 4230. The number of methoxy groups -OCH3 is 2. The monoisotopic (exact) mass is 2080 g/mol. The van der Waals surface area contributed by atoms with Crippen molar-refractivity contribution in [2.45, 2.75) is 257 Å². The first-order valence-electron chi connectivity index (χ1n) is 43.5. The number of ether oxygens (including phenoxy) is 7. The number of nitrogens with two attached hydrogens (primary N) is 6. The summed E-state index contributed by atoms with van der Waals surface area (Å²) < 4.78 is 33.8. The molecule has 2 aromatic carbocycles. The van der Waals surface area contributed by atoms with Gasteiger partial charge < -0.3 is 161 Å². The third-order valence-electron chi connectivity index (χ3n) is 19.6. The second-order valence-corrected chi connectivity index (χ2v) is 33.6. The summed E-state index contributed by atoms with van der Waals surface area (Å²) in [6.45, 7) is 16.5. The standard InChI is InChI=1S/C19H25N3O6.C13H22N2O5.C12H21N3O4.C11H19N3O4.C11H13NO5.C7H13N3O2.C7H13NO4.C6H11NO2.CH4.3ClH.H3N.H2O/c20-18(26)15-7-4-10-22(15)17(25)9-8-16(24)14(11-23)21-19(27)28-12-13-5-2-1-3-6-13;1-13(2,3)20-12(18)14-8-10(16)15-7-5-6-9(15)11(17)19-4;1-12(2,3)19-11(18)14-7-9(16)15-6-4-5-8(15)10(13)17;12-7(6-15)9(16)3-4-10(17)14-5-1-2-8(14)11(13)18;13-6-9(10(14)15)12-11(16)17-7-8-4-2-1-3-5-8;8-4-6(11)10-3-1-2-5(10)7(9)12;1-7(2,3)12-6(11)8-4-5(9)10;1-9-6(8)5-3-2-4-7-5;;;;;;/h1-3,5-6,14-15,23H,4,7-12H2,(H2,20,26)(H,21,27);9H,5-8H2,1-4H3,(H,14,18);8H,4-7H2,1-3H3,(H2,13,17)(H,14,18);7-8,15H,1-6,12H2,(H2,13,18);1-5,9,13H,6-7H2,(H,12,16)(H,14,15);5H,1-4,8H2,(H2,9,12);4H2,1-3H3,(H,8,11)(H,9,10);5,7H,2-4H2,1H3;1H4;3*1H;1H3;1H2/t14-,15?;;;7-,8?;9-;;;;;;;;;/m0..00........./s1. The molecule has 14 amide bonds. The molecule has 6 fully saturated rings. The van der Waals surface area contributed by atoms with Crippen molar-refractivity contribution in [2.75, 3.05) is 99.5 Å². The second-order valence-electron chi connectivity index (χ2n) is 33.6. The summed E-state index contributed by atoms with van der Waals surface area (Å²) in [5.41, 5.74) is 31.1. The first-order valence-corrected chi connectivity index (χ1v) is 43.5. The molecule has 6 aliphatic heterocycles. The number of aliphatic carboxylic acids is 2. The summed E-state index contributed by atoms with van der Waals surface area (Å²) in [5, 5.41) is 57.7. The van der Waals surface area contributed by atoms with Gasteiger partial charge in [0.2, 0.25) is 53.2 Å². The molecular formula is C87H149Cl3N18O33. The predicted octanol–water partition coefficient (Wildman–Crippen LogP) is -0.581. The van der Waals surface area contributed by atoms with Crippen LogP contribution in [0, 0.1) is 0 Å². The number of amides is 14. The molecule has 0 radical (unpaired) electrons. The van der Waals surface area contributed by atoms with Crippen LogP contribution in [0.3, 0.4) is 0 Å². The molecule has 0 aromatic heterocycles. The van der Waals surface area contributed by atoms with Crippen LogP contribution in [0.1, 0.15) is 184 Å². The largest absolute Gasteiger partial charge is 0.480 e. The minimum Gasteiger partial charge on any atom is -0.480 e. The fourth-order valence-electron chi connectivity index (χ4n) is 13.1. The highest BCUT2D eigenvalue weighted by atomic mass is 35.5. The van der Waals surface area contributed by atoms with E-state index in [1.807, 2.05) is 17.4 Å². The van der Waals surface area contributed by atoms with E-state index >= 15 is 0 Å². The molecule has 8 rings (SSSR count). The normalized spacial score (nSPS) is 17.1. The number of likely N-dealkylation sites (tertiary alicyclic amines) is 5. The van der Waals surface area contributed by atoms with Crippen LogP contribution in [0.15, 0.2) is 60.7 Å². The number of carboxylic acid groups (broad SMARTS) is 2. The van der Waals surface area contributed by atoms with Crippen LogP contribution in [0.5, 0.6) is 0 Å². The van der Waals surface area contributed by atoms with Crippen LogP contribution < -0.4 is 72.5 Å². The first-order chi connectivity index (χ1) is 63.3. The van der Waals surface area contributed by atoms with Gasteiger partial charge in [-0.05, 0) is 157 Å². The number of carboxylic acids is 2. The minimum absolute atomic E-state index is 0. The molecule has 51 nitrogen and oxygen atoms in total. The van der Waals surface area contributed by atoms with E-state index in [0.29, 0.717) is 71.2 Å². The lowest BCUT2D eigenvalue weighted by Gasteiger charge is -2.23. The van der Waals surface area contributed by atoms with Gasteiger partial charge in [-0.2, -0.15) is 0 Å². The van der Waals surface area contributed by atoms with Crippen molar-refractivity contribution in [1.82, 2.24) is 62.6 Å². The topological polar surface area (TPSA) is 818 Å². The molecule has 0 saturated carbocycles. The summed E-state index contributed by atoms with van der Waals surface area (Å²) in [4.78, 5) is 234. The molecule has 6 aliphatic rings. The van der Waals surface area contributed by atoms with Crippen LogP contribution in [0.25, 0.3) is 0 Å². The van der Waals surface area contributed by atoms with Crippen molar-refractivity contribution in [2.24, 2.45) is 34.4 Å². The third-order valence-corrected chi connectivity index (χ3v) is 19.6. The molecular weight excluding hydrogens is 1930 g/mol. The van der Waals surface area contributed by atoms with Gasteiger partial charge in [-0.25, -0.2) is 33.6 Å². The Morgan fingerprint density at radius 3 is 1.02 bits per heavy atom. The maximum Gasteiger partial charge on any atom is 0.408 e. The zero-order valence-electron chi connectivity index (χ0n) is 80.8. The fraction of sp³-hybridized carbons (Fsp3) is 0.632. The number of ketones is 2. The van der Waals surface area contributed by atoms with Crippen LogP contribution >= 0.6 is 37.2 Å². The van der Waals surface area contributed by atoms with E-state index in [1.165, 1.54) is 38.7 Å². The number of esters is 2. The molecule has 6 saturated heterocycles. The van der Waals surface area contributed by atoms with Gasteiger partial charge in [-0.15, -0.1) is 37.2 Å². The molecule has 9 atom stereocenters. The van der Waals surface area contributed by atoms with Crippen LogP contribution in [-0.2, 0) is 118 Å².